The Hall–Kier alpha value is -3.35. The summed E-state index contributed by atoms with van der Waals surface area (Å²) in [6.45, 7) is 3.73. The van der Waals surface area contributed by atoms with Gasteiger partial charge >= 0.3 is 12.2 Å². The lowest BCUT2D eigenvalue weighted by molar-refractivity contribution is -0.137. The lowest BCUT2D eigenvalue weighted by Gasteiger charge is -2.13. The van der Waals surface area contributed by atoms with Gasteiger partial charge in [-0.15, -0.1) is 0 Å². The van der Waals surface area contributed by atoms with E-state index in [1.807, 2.05) is 43.3 Å². The average Bonchev–Trinajstić information content (AvgIpc) is 3.29. The van der Waals surface area contributed by atoms with Crippen LogP contribution in [0.4, 0.5) is 0 Å². The minimum atomic E-state index is -1.03. The molecule has 7 heteroatoms. The largest absolute Gasteiger partial charge is 0.442 e. The summed E-state index contributed by atoms with van der Waals surface area (Å²) in [7, 11) is 0. The summed E-state index contributed by atoms with van der Waals surface area (Å²) in [6.07, 6.45) is -1.03. The van der Waals surface area contributed by atoms with Gasteiger partial charge in [-0.3, -0.25) is 4.79 Å². The van der Waals surface area contributed by atoms with Crippen molar-refractivity contribution in [1.82, 2.24) is 15.5 Å². The van der Waals surface area contributed by atoms with Gasteiger partial charge in [-0.1, -0.05) is 41.6 Å². The fourth-order valence-electron chi connectivity index (χ4n) is 2.69. The zero-order chi connectivity index (χ0) is 18.1. The zero-order valence-electron chi connectivity index (χ0n) is 14.3. The van der Waals surface area contributed by atoms with Crippen molar-refractivity contribution in [2.45, 2.75) is 26.2 Å². The highest BCUT2D eigenvalue weighted by Crippen LogP contribution is 2.34. The lowest BCUT2D eigenvalue weighted by Crippen LogP contribution is -2.41. The topological polar surface area (TPSA) is 86.5 Å². The molecule has 0 radical (unpaired) electrons. The maximum atomic E-state index is 12.4. The van der Waals surface area contributed by atoms with Gasteiger partial charge in [-0.25, -0.2) is 0 Å². The lowest BCUT2D eigenvalue weighted by atomic mass is 10.1. The summed E-state index contributed by atoms with van der Waals surface area (Å²) in [4.78, 5) is 16.8. The van der Waals surface area contributed by atoms with E-state index in [4.69, 9.17) is 14.0 Å². The van der Waals surface area contributed by atoms with E-state index >= 15 is 0 Å². The number of hydrogen-bond acceptors (Lipinski definition) is 6. The minimum Gasteiger partial charge on any atom is -0.442 e. The van der Waals surface area contributed by atoms with Crippen molar-refractivity contribution in [3.63, 3.8) is 0 Å². The van der Waals surface area contributed by atoms with E-state index in [2.05, 4.69) is 15.5 Å². The number of nitrogens with zero attached hydrogens (tertiary/aromatic N) is 2. The van der Waals surface area contributed by atoms with Gasteiger partial charge < -0.3 is 19.3 Å². The first-order valence-corrected chi connectivity index (χ1v) is 8.24. The molecule has 0 saturated carbocycles. The third-order valence-corrected chi connectivity index (χ3v) is 4.09. The maximum Gasteiger partial charge on any atom is 0.321 e. The smallest absolute Gasteiger partial charge is 0.321 e. The fraction of sp³-hybridized carbons (Fsp3) is 0.211. The van der Waals surface area contributed by atoms with E-state index in [-0.39, 0.29) is 0 Å². The van der Waals surface area contributed by atoms with Gasteiger partial charge in [-0.2, -0.15) is 4.98 Å². The predicted molar refractivity (Wildman–Crippen MR) is 92.5 cm³/mol. The van der Waals surface area contributed by atoms with Crippen LogP contribution in [0.2, 0.25) is 0 Å². The van der Waals surface area contributed by atoms with Crippen LogP contribution in [0.5, 0.6) is 11.5 Å². The van der Waals surface area contributed by atoms with Crippen molar-refractivity contribution in [3.8, 4) is 22.9 Å². The molecule has 4 rings (SSSR count). The van der Waals surface area contributed by atoms with Crippen molar-refractivity contribution in [1.29, 1.82) is 0 Å². The van der Waals surface area contributed by atoms with Crippen LogP contribution in [0.3, 0.4) is 0 Å². The van der Waals surface area contributed by atoms with Crippen LogP contribution >= 0.6 is 0 Å². The fourth-order valence-corrected chi connectivity index (χ4v) is 2.69. The van der Waals surface area contributed by atoms with Crippen LogP contribution in [0.1, 0.15) is 24.4 Å². The summed E-state index contributed by atoms with van der Waals surface area (Å²) >= 11 is 0. The monoisotopic (exact) mass is 351 g/mol. The maximum absolute atomic E-state index is 12.4. The number of benzene rings is 2. The van der Waals surface area contributed by atoms with Crippen LogP contribution in [-0.4, -0.2) is 22.3 Å². The molecule has 1 N–H and O–H groups in total. The van der Waals surface area contributed by atoms with E-state index < -0.39 is 18.2 Å². The highest BCUT2D eigenvalue weighted by molar-refractivity contribution is 5.81. The summed E-state index contributed by atoms with van der Waals surface area (Å²) < 4.78 is 16.3. The number of rotatable bonds is 4. The molecule has 0 aliphatic carbocycles. The van der Waals surface area contributed by atoms with Crippen LogP contribution in [0.25, 0.3) is 11.4 Å². The molecular formula is C19H17N3O4. The molecule has 2 heterocycles. The van der Waals surface area contributed by atoms with Crippen molar-refractivity contribution in [3.05, 3.63) is 60.0 Å². The Labute approximate surface area is 149 Å². The predicted octanol–water partition coefficient (Wildman–Crippen LogP) is 3.02. The van der Waals surface area contributed by atoms with Crippen molar-refractivity contribution in [2.24, 2.45) is 0 Å². The second-order valence-corrected chi connectivity index (χ2v) is 6.02. The van der Waals surface area contributed by atoms with Crippen molar-refractivity contribution >= 4 is 5.91 Å². The summed E-state index contributed by atoms with van der Waals surface area (Å²) in [6, 6.07) is 14.4. The highest BCUT2D eigenvalue weighted by Gasteiger charge is 2.32. The Kier molecular flexibility index (Phi) is 4.04. The number of aryl methyl sites for hydroxylation is 1. The Bertz CT molecular complexity index is 928. The van der Waals surface area contributed by atoms with Crippen molar-refractivity contribution in [2.75, 3.05) is 0 Å². The molecule has 0 unspecified atom stereocenters. The Morgan fingerprint density at radius 3 is 2.42 bits per heavy atom. The molecule has 1 aliphatic heterocycles. The standard InChI is InChI=1S/C19H17N3O4/c1-11-7-3-4-8-13(11)16-21-18(26-22-16)12(2)20-17(23)19-24-14-9-5-6-10-15(14)25-19/h3-10,12,19H,1-2H3,(H,20,23)/t12-/m1/s1. The molecule has 0 spiro atoms. The number of ether oxygens (including phenoxy) is 2. The first-order valence-electron chi connectivity index (χ1n) is 8.24. The number of fused-ring (bicyclic) bond motifs is 1. The summed E-state index contributed by atoms with van der Waals surface area (Å²) in [5.41, 5.74) is 1.93. The molecule has 26 heavy (non-hydrogen) atoms. The molecule has 1 aliphatic rings. The Morgan fingerprint density at radius 1 is 1.08 bits per heavy atom. The third-order valence-electron chi connectivity index (χ3n) is 4.09. The summed E-state index contributed by atoms with van der Waals surface area (Å²) in [5.74, 6) is 1.47. The quantitative estimate of drug-likeness (QED) is 0.777. The van der Waals surface area contributed by atoms with E-state index in [9.17, 15) is 4.79 Å². The molecule has 7 nitrogen and oxygen atoms in total. The molecule has 0 bridgehead atoms. The molecule has 3 aromatic rings. The Morgan fingerprint density at radius 2 is 1.73 bits per heavy atom. The number of para-hydroxylation sites is 2. The first kappa shape index (κ1) is 16.1. The van der Waals surface area contributed by atoms with Gasteiger partial charge in [0.05, 0.1) is 0 Å². The normalized spacial score (nSPS) is 14.2. The number of aromatic nitrogens is 2. The number of carbonyl (C=O) groups is 1. The van der Waals surface area contributed by atoms with Crippen molar-refractivity contribution < 1.29 is 18.8 Å². The first-order chi connectivity index (χ1) is 12.6. The minimum absolute atomic E-state index is 0.312. The van der Waals surface area contributed by atoms with Crippen LogP contribution in [-0.2, 0) is 4.79 Å². The van der Waals surface area contributed by atoms with Gasteiger partial charge in [0.15, 0.2) is 11.5 Å². The van der Waals surface area contributed by atoms with E-state index in [0.29, 0.717) is 23.2 Å². The molecule has 1 amide bonds. The van der Waals surface area contributed by atoms with Crippen LogP contribution in [0.15, 0.2) is 53.1 Å². The van der Waals surface area contributed by atoms with Gasteiger partial charge in [0.25, 0.3) is 0 Å². The molecule has 2 aromatic carbocycles. The molecule has 1 atom stereocenters. The van der Waals surface area contributed by atoms with Gasteiger partial charge in [0.1, 0.15) is 6.04 Å². The SMILES string of the molecule is Cc1ccccc1-c1noc([C@@H](C)NC(=O)C2Oc3ccccc3O2)n1. The second kappa shape index (κ2) is 6.51. The average molecular weight is 351 g/mol. The van der Waals surface area contributed by atoms with Gasteiger partial charge in [-0.05, 0) is 31.5 Å². The third kappa shape index (κ3) is 2.99. The second-order valence-electron chi connectivity index (χ2n) is 6.02. The molecular weight excluding hydrogens is 334 g/mol. The Balaban J connectivity index is 1.44. The molecule has 0 fully saturated rings. The molecule has 1 aromatic heterocycles. The van der Waals surface area contributed by atoms with Crippen LogP contribution < -0.4 is 14.8 Å². The van der Waals surface area contributed by atoms with Gasteiger partial charge in [0, 0.05) is 5.56 Å². The van der Waals surface area contributed by atoms with Gasteiger partial charge in [0.2, 0.25) is 11.7 Å². The number of amides is 1. The van der Waals surface area contributed by atoms with E-state index in [1.54, 1.807) is 19.1 Å². The zero-order valence-corrected chi connectivity index (χ0v) is 14.3. The number of nitrogens with one attached hydrogen (secondary N) is 1. The van der Waals surface area contributed by atoms with Crippen LogP contribution in [0, 0.1) is 6.92 Å². The molecule has 0 saturated heterocycles. The summed E-state index contributed by atoms with van der Waals surface area (Å²) in [5, 5.41) is 6.77. The van der Waals surface area contributed by atoms with E-state index in [1.165, 1.54) is 0 Å². The molecule has 132 valence electrons. The van der Waals surface area contributed by atoms with E-state index in [0.717, 1.165) is 11.1 Å². The highest BCUT2D eigenvalue weighted by atomic mass is 16.7. The number of carbonyl (C=O) groups excluding carboxylic acids is 1. The number of hydrogen-bond donors (Lipinski definition) is 1.